The Balaban J connectivity index is 2.38. The summed E-state index contributed by atoms with van der Waals surface area (Å²) in [6, 6.07) is 13.9. The number of rotatable bonds is 7. The highest BCUT2D eigenvalue weighted by Gasteiger charge is 2.18. The Morgan fingerprint density at radius 2 is 1.88 bits per heavy atom. The Labute approximate surface area is 139 Å². The summed E-state index contributed by atoms with van der Waals surface area (Å²) in [7, 11) is 2.74. The summed E-state index contributed by atoms with van der Waals surface area (Å²) < 4.78 is 15.6. The van der Waals surface area contributed by atoms with Gasteiger partial charge in [0, 0.05) is 17.3 Å². The lowest BCUT2D eigenvalue weighted by atomic mass is 10.1. The molecule has 0 saturated heterocycles. The maximum absolute atomic E-state index is 12.0. The molecule has 124 valence electrons. The van der Waals surface area contributed by atoms with Crippen molar-refractivity contribution in [1.82, 2.24) is 0 Å². The van der Waals surface area contributed by atoms with Crippen molar-refractivity contribution >= 4 is 23.6 Å². The highest BCUT2D eigenvalue weighted by molar-refractivity contribution is 6.17. The van der Waals surface area contributed by atoms with Crippen LogP contribution in [-0.2, 0) is 19.1 Å². The minimum absolute atomic E-state index is 0.234. The van der Waals surface area contributed by atoms with E-state index in [0.717, 1.165) is 0 Å². The molecular weight excluding hydrogens is 310 g/mol. The molecule has 0 unspecified atom stereocenters. The molecular formula is C18H17NO5. The largest absolute Gasteiger partial charge is 0.503 e. The van der Waals surface area contributed by atoms with Crippen molar-refractivity contribution in [2.75, 3.05) is 19.5 Å². The molecule has 2 aromatic rings. The third kappa shape index (κ3) is 4.13. The van der Waals surface area contributed by atoms with Gasteiger partial charge in [0.05, 0.1) is 20.5 Å². The van der Waals surface area contributed by atoms with E-state index in [9.17, 15) is 9.59 Å². The van der Waals surface area contributed by atoms with Crippen molar-refractivity contribution < 1.29 is 23.8 Å². The molecule has 1 amide bonds. The van der Waals surface area contributed by atoms with Gasteiger partial charge in [0.25, 0.3) is 0 Å². The first-order valence-corrected chi connectivity index (χ1v) is 7.08. The summed E-state index contributed by atoms with van der Waals surface area (Å²) in [4.78, 5) is 22.5. The number of esters is 1. The molecule has 0 aromatic heterocycles. The number of nitrogens with one attached hydrogen (secondary N) is 1. The molecule has 24 heavy (non-hydrogen) atoms. The molecule has 0 aliphatic heterocycles. The van der Waals surface area contributed by atoms with Gasteiger partial charge in [0.2, 0.25) is 6.41 Å². The first kappa shape index (κ1) is 17.1. The van der Waals surface area contributed by atoms with Crippen molar-refractivity contribution in [1.29, 1.82) is 0 Å². The van der Waals surface area contributed by atoms with Crippen LogP contribution in [0.2, 0.25) is 0 Å². The molecule has 6 heteroatoms. The Hall–Kier alpha value is -3.28. The van der Waals surface area contributed by atoms with E-state index in [1.807, 2.05) is 0 Å². The van der Waals surface area contributed by atoms with Crippen LogP contribution in [0.25, 0.3) is 5.57 Å². The molecule has 0 atom stereocenters. The van der Waals surface area contributed by atoms with Crippen molar-refractivity contribution in [2.24, 2.45) is 0 Å². The first-order chi connectivity index (χ1) is 11.7. The van der Waals surface area contributed by atoms with Gasteiger partial charge in [-0.15, -0.1) is 0 Å². The summed E-state index contributed by atoms with van der Waals surface area (Å²) in [5, 5.41) is 2.55. The number of carbonyl (C=O) groups is 2. The summed E-state index contributed by atoms with van der Waals surface area (Å²) in [6.07, 6.45) is 1.89. The van der Waals surface area contributed by atoms with E-state index in [4.69, 9.17) is 14.2 Å². The van der Waals surface area contributed by atoms with Gasteiger partial charge in [0.15, 0.2) is 0 Å². The van der Waals surface area contributed by atoms with Crippen LogP contribution in [0.4, 0.5) is 5.69 Å². The Kier molecular flexibility index (Phi) is 5.96. The molecule has 1 N–H and O–H groups in total. The Morgan fingerprint density at radius 1 is 1.08 bits per heavy atom. The molecule has 6 nitrogen and oxygen atoms in total. The van der Waals surface area contributed by atoms with Gasteiger partial charge in [0.1, 0.15) is 17.1 Å². The topological polar surface area (TPSA) is 73.9 Å². The fourth-order valence-corrected chi connectivity index (χ4v) is 2.07. The summed E-state index contributed by atoms with van der Waals surface area (Å²) in [5.74, 6) is 0.426. The van der Waals surface area contributed by atoms with Gasteiger partial charge < -0.3 is 19.5 Å². The van der Waals surface area contributed by atoms with E-state index < -0.39 is 5.97 Å². The summed E-state index contributed by atoms with van der Waals surface area (Å²) in [5.41, 5.74) is 1.36. The monoisotopic (exact) mass is 327 g/mol. The van der Waals surface area contributed by atoms with Crippen LogP contribution in [0.1, 0.15) is 5.56 Å². The fourth-order valence-electron chi connectivity index (χ4n) is 2.07. The molecule has 0 aliphatic rings. The van der Waals surface area contributed by atoms with E-state index in [1.165, 1.54) is 20.5 Å². The SMILES string of the molecule is CO/C=C(/C(=O)OC)c1ccccc1Oc1cccc(NC=O)c1. The van der Waals surface area contributed by atoms with Crippen molar-refractivity contribution in [3.05, 3.63) is 60.4 Å². The first-order valence-electron chi connectivity index (χ1n) is 7.08. The van der Waals surface area contributed by atoms with Crippen molar-refractivity contribution in [3.63, 3.8) is 0 Å². The molecule has 0 spiro atoms. The third-order valence-corrected chi connectivity index (χ3v) is 3.11. The molecule has 0 saturated carbocycles. The zero-order valence-electron chi connectivity index (χ0n) is 13.3. The normalized spacial score (nSPS) is 10.7. The molecule has 0 heterocycles. The smallest absolute Gasteiger partial charge is 0.341 e. The lowest BCUT2D eigenvalue weighted by Crippen LogP contribution is -2.05. The second-order valence-electron chi connectivity index (χ2n) is 4.65. The molecule has 2 aromatic carbocycles. The van der Waals surface area contributed by atoms with Crippen LogP contribution < -0.4 is 10.1 Å². The number of methoxy groups -OCH3 is 2. The quantitative estimate of drug-likeness (QED) is 0.366. The van der Waals surface area contributed by atoms with E-state index in [0.29, 0.717) is 29.2 Å². The Bertz CT molecular complexity index is 755. The third-order valence-electron chi connectivity index (χ3n) is 3.11. The number of amides is 1. The van der Waals surface area contributed by atoms with Crippen LogP contribution in [0.3, 0.4) is 0 Å². The van der Waals surface area contributed by atoms with Gasteiger partial charge in [-0.05, 0) is 18.2 Å². The van der Waals surface area contributed by atoms with Crippen LogP contribution in [0.5, 0.6) is 11.5 Å². The maximum Gasteiger partial charge on any atom is 0.341 e. The molecule has 0 bridgehead atoms. The predicted octanol–water partition coefficient (Wildman–Crippen LogP) is 3.21. The highest BCUT2D eigenvalue weighted by Crippen LogP contribution is 2.31. The molecule has 0 aliphatic carbocycles. The second-order valence-corrected chi connectivity index (χ2v) is 4.65. The van der Waals surface area contributed by atoms with Crippen LogP contribution >= 0.6 is 0 Å². The van der Waals surface area contributed by atoms with Crippen molar-refractivity contribution in [3.8, 4) is 11.5 Å². The van der Waals surface area contributed by atoms with Crippen LogP contribution in [0.15, 0.2) is 54.8 Å². The molecule has 0 fully saturated rings. The molecule has 2 rings (SSSR count). The van der Waals surface area contributed by atoms with Gasteiger partial charge in [-0.2, -0.15) is 0 Å². The van der Waals surface area contributed by atoms with Gasteiger partial charge >= 0.3 is 5.97 Å². The Morgan fingerprint density at radius 3 is 2.58 bits per heavy atom. The van der Waals surface area contributed by atoms with Crippen LogP contribution in [0, 0.1) is 0 Å². The average Bonchev–Trinajstić information content (AvgIpc) is 2.60. The van der Waals surface area contributed by atoms with E-state index in [1.54, 1.807) is 48.5 Å². The van der Waals surface area contributed by atoms with Gasteiger partial charge in [-0.25, -0.2) is 4.79 Å². The minimum atomic E-state index is -0.538. The van der Waals surface area contributed by atoms with E-state index in [2.05, 4.69) is 5.32 Å². The number of carbonyl (C=O) groups excluding carboxylic acids is 2. The summed E-state index contributed by atoms with van der Waals surface area (Å²) >= 11 is 0. The second kappa shape index (κ2) is 8.38. The highest BCUT2D eigenvalue weighted by atomic mass is 16.5. The number of hydrogen-bond acceptors (Lipinski definition) is 5. The maximum atomic E-state index is 12.0. The molecule has 0 radical (unpaired) electrons. The number of para-hydroxylation sites is 1. The van der Waals surface area contributed by atoms with E-state index >= 15 is 0 Å². The lowest BCUT2D eigenvalue weighted by Gasteiger charge is -2.13. The van der Waals surface area contributed by atoms with Gasteiger partial charge in [-0.3, -0.25) is 4.79 Å². The van der Waals surface area contributed by atoms with E-state index in [-0.39, 0.29) is 5.57 Å². The zero-order chi connectivity index (χ0) is 17.4. The van der Waals surface area contributed by atoms with Crippen molar-refractivity contribution in [2.45, 2.75) is 0 Å². The minimum Gasteiger partial charge on any atom is -0.503 e. The van der Waals surface area contributed by atoms with Gasteiger partial charge in [-0.1, -0.05) is 24.3 Å². The number of anilines is 1. The number of hydrogen-bond donors (Lipinski definition) is 1. The lowest BCUT2D eigenvalue weighted by molar-refractivity contribution is -0.133. The summed E-state index contributed by atoms with van der Waals surface area (Å²) in [6.45, 7) is 0. The zero-order valence-corrected chi connectivity index (χ0v) is 13.3. The predicted molar refractivity (Wildman–Crippen MR) is 89.6 cm³/mol. The van der Waals surface area contributed by atoms with Crippen LogP contribution in [-0.4, -0.2) is 26.6 Å². The number of benzene rings is 2. The fraction of sp³-hybridized carbons (Fsp3) is 0.111. The number of ether oxygens (including phenoxy) is 3. The standard InChI is InChI=1S/C18H17NO5/c1-22-11-16(18(21)23-2)15-8-3-4-9-17(15)24-14-7-5-6-13(10-14)19-12-20/h3-12H,1-2H3,(H,19,20)/b16-11+. The average molecular weight is 327 g/mol.